The van der Waals surface area contributed by atoms with Gasteiger partial charge < -0.3 is 4.74 Å². The van der Waals surface area contributed by atoms with Crippen molar-refractivity contribution in [2.75, 3.05) is 6.61 Å². The highest BCUT2D eigenvalue weighted by Gasteiger charge is 2.40. The quantitative estimate of drug-likeness (QED) is 0.553. The van der Waals surface area contributed by atoms with Crippen LogP contribution in [0.1, 0.15) is 27.2 Å². The minimum absolute atomic E-state index is 0.118. The van der Waals surface area contributed by atoms with Gasteiger partial charge in [-0.15, -0.1) is 0 Å². The first-order chi connectivity index (χ1) is 4.58. The molecule has 0 bridgehead atoms. The van der Waals surface area contributed by atoms with Crippen LogP contribution in [0.4, 0.5) is 0 Å². The number of rotatable bonds is 1. The van der Waals surface area contributed by atoms with E-state index in [1.165, 1.54) is 0 Å². The lowest BCUT2D eigenvalue weighted by atomic mass is 9.88. The Morgan fingerprint density at radius 2 is 2.30 bits per heavy atom. The molecule has 1 unspecified atom stereocenters. The molecule has 2 heteroatoms. The predicted octanol–water partition coefficient (Wildman–Crippen LogP) is 1.39. The fraction of sp³-hybridized carbons (Fsp3) is 0.875. The molecule has 10 heavy (non-hydrogen) atoms. The summed E-state index contributed by atoms with van der Waals surface area (Å²) in [6.07, 6.45) is 0.895. The number of hydrogen-bond donors (Lipinski definition) is 0. The molecule has 1 aliphatic heterocycles. The van der Waals surface area contributed by atoms with Crippen molar-refractivity contribution in [3.63, 3.8) is 0 Å². The van der Waals surface area contributed by atoms with E-state index in [0.717, 1.165) is 6.42 Å². The molecule has 1 atom stereocenters. The zero-order chi connectivity index (χ0) is 7.78. The third kappa shape index (κ3) is 1.08. The normalized spacial score (nSPS) is 31.1. The summed E-state index contributed by atoms with van der Waals surface area (Å²) >= 11 is 0. The second-order valence-electron chi connectivity index (χ2n) is 3.32. The lowest BCUT2D eigenvalue weighted by molar-refractivity contribution is -0.120. The van der Waals surface area contributed by atoms with E-state index in [1.807, 2.05) is 20.8 Å². The number of ether oxygens (including phenoxy) is 1. The highest BCUT2D eigenvalue weighted by molar-refractivity contribution is 5.85. The maximum Gasteiger partial charge on any atom is 0.164 e. The van der Waals surface area contributed by atoms with Gasteiger partial charge in [-0.05, 0) is 20.3 Å². The van der Waals surface area contributed by atoms with Crippen LogP contribution in [0, 0.1) is 5.92 Å². The van der Waals surface area contributed by atoms with Crippen molar-refractivity contribution in [1.82, 2.24) is 0 Å². The highest BCUT2D eigenvalue weighted by atomic mass is 16.5. The molecule has 1 saturated heterocycles. The monoisotopic (exact) mass is 142 g/mol. The molecule has 0 aliphatic carbocycles. The summed E-state index contributed by atoms with van der Waals surface area (Å²) in [7, 11) is 0. The van der Waals surface area contributed by atoms with Crippen LogP contribution in [0.5, 0.6) is 0 Å². The highest BCUT2D eigenvalue weighted by Crippen LogP contribution is 2.30. The van der Waals surface area contributed by atoms with E-state index in [2.05, 4.69) is 0 Å². The molecule has 1 fully saturated rings. The third-order valence-corrected chi connectivity index (χ3v) is 2.22. The smallest absolute Gasteiger partial charge is 0.164 e. The number of carbonyl (C=O) groups is 1. The average Bonchev–Trinajstić information content (AvgIpc) is 2.07. The maximum absolute atomic E-state index is 11.1. The molecule has 1 aliphatic rings. The predicted molar refractivity (Wildman–Crippen MR) is 38.8 cm³/mol. The molecule has 0 radical (unpaired) electrons. The molecular weight excluding hydrogens is 128 g/mol. The van der Waals surface area contributed by atoms with Gasteiger partial charge in [-0.2, -0.15) is 0 Å². The van der Waals surface area contributed by atoms with Crippen LogP contribution < -0.4 is 0 Å². The standard InChI is InChI=1S/C8H14O2/c1-4-6-7(9)5-10-8(6,2)3/h6H,4-5H2,1-3H3. The van der Waals surface area contributed by atoms with Crippen LogP contribution in [-0.4, -0.2) is 18.0 Å². The topological polar surface area (TPSA) is 26.3 Å². The number of hydrogen-bond acceptors (Lipinski definition) is 2. The fourth-order valence-electron chi connectivity index (χ4n) is 1.57. The minimum atomic E-state index is -0.216. The van der Waals surface area contributed by atoms with E-state index in [-0.39, 0.29) is 17.3 Å². The van der Waals surface area contributed by atoms with Gasteiger partial charge in [0.25, 0.3) is 0 Å². The van der Waals surface area contributed by atoms with Gasteiger partial charge in [0, 0.05) is 5.92 Å². The van der Waals surface area contributed by atoms with Gasteiger partial charge in [0.05, 0.1) is 5.60 Å². The van der Waals surface area contributed by atoms with Crippen LogP contribution in [0.2, 0.25) is 0 Å². The molecule has 1 heterocycles. The number of ketones is 1. The van der Waals surface area contributed by atoms with Crippen LogP contribution in [0.15, 0.2) is 0 Å². The van der Waals surface area contributed by atoms with Gasteiger partial charge in [-0.1, -0.05) is 6.92 Å². The van der Waals surface area contributed by atoms with E-state index in [1.54, 1.807) is 0 Å². The summed E-state index contributed by atoms with van der Waals surface area (Å²) in [6.45, 7) is 6.29. The van der Waals surface area contributed by atoms with E-state index in [4.69, 9.17) is 4.74 Å². The van der Waals surface area contributed by atoms with Crippen molar-refractivity contribution in [3.05, 3.63) is 0 Å². The molecule has 0 amide bonds. The summed E-state index contributed by atoms with van der Waals surface area (Å²) < 4.78 is 5.31. The molecule has 1 rings (SSSR count). The summed E-state index contributed by atoms with van der Waals surface area (Å²) in [4.78, 5) is 11.1. The SMILES string of the molecule is CCC1C(=O)COC1(C)C. The van der Waals surface area contributed by atoms with Gasteiger partial charge in [0.15, 0.2) is 5.78 Å². The average molecular weight is 142 g/mol. The minimum Gasteiger partial charge on any atom is -0.367 e. The second-order valence-corrected chi connectivity index (χ2v) is 3.32. The zero-order valence-electron chi connectivity index (χ0n) is 6.81. The zero-order valence-corrected chi connectivity index (χ0v) is 6.81. The van der Waals surface area contributed by atoms with Crippen molar-refractivity contribution in [2.24, 2.45) is 5.92 Å². The Morgan fingerprint density at radius 3 is 2.50 bits per heavy atom. The van der Waals surface area contributed by atoms with Crippen molar-refractivity contribution < 1.29 is 9.53 Å². The Balaban J connectivity index is 2.73. The summed E-state index contributed by atoms with van der Waals surface area (Å²) in [5.41, 5.74) is -0.216. The summed E-state index contributed by atoms with van der Waals surface area (Å²) in [5, 5.41) is 0. The molecule has 0 saturated carbocycles. The molecule has 0 spiro atoms. The van der Waals surface area contributed by atoms with E-state index < -0.39 is 0 Å². The Hall–Kier alpha value is -0.370. The van der Waals surface area contributed by atoms with Crippen LogP contribution in [0.3, 0.4) is 0 Å². The lowest BCUT2D eigenvalue weighted by Gasteiger charge is -2.22. The molecule has 2 nitrogen and oxygen atoms in total. The molecule has 0 aromatic carbocycles. The Bertz CT molecular complexity index is 149. The van der Waals surface area contributed by atoms with E-state index in [0.29, 0.717) is 6.61 Å². The van der Waals surface area contributed by atoms with Crippen LogP contribution in [0.25, 0.3) is 0 Å². The van der Waals surface area contributed by atoms with Crippen LogP contribution in [-0.2, 0) is 9.53 Å². The summed E-state index contributed by atoms with van der Waals surface area (Å²) in [5.74, 6) is 0.375. The third-order valence-electron chi connectivity index (χ3n) is 2.22. The summed E-state index contributed by atoms with van der Waals surface area (Å²) in [6, 6.07) is 0. The van der Waals surface area contributed by atoms with E-state index >= 15 is 0 Å². The first kappa shape index (κ1) is 7.73. The maximum atomic E-state index is 11.1. The van der Waals surface area contributed by atoms with Crippen molar-refractivity contribution in [1.29, 1.82) is 0 Å². The molecule has 0 N–H and O–H groups in total. The van der Waals surface area contributed by atoms with E-state index in [9.17, 15) is 4.79 Å². The second kappa shape index (κ2) is 2.35. The fourth-order valence-corrected chi connectivity index (χ4v) is 1.57. The largest absolute Gasteiger partial charge is 0.367 e. The van der Waals surface area contributed by atoms with Gasteiger partial charge >= 0.3 is 0 Å². The molecular formula is C8H14O2. The van der Waals surface area contributed by atoms with Gasteiger partial charge in [0.2, 0.25) is 0 Å². The number of Topliss-reactive ketones (excluding diaryl/α,β-unsaturated/α-hetero) is 1. The van der Waals surface area contributed by atoms with Crippen molar-refractivity contribution in [3.8, 4) is 0 Å². The van der Waals surface area contributed by atoms with Crippen LogP contribution >= 0.6 is 0 Å². The molecule has 0 aromatic rings. The Morgan fingerprint density at radius 1 is 1.70 bits per heavy atom. The van der Waals surface area contributed by atoms with Crippen molar-refractivity contribution in [2.45, 2.75) is 32.8 Å². The molecule has 0 aromatic heterocycles. The van der Waals surface area contributed by atoms with Crippen molar-refractivity contribution >= 4 is 5.78 Å². The van der Waals surface area contributed by atoms with Gasteiger partial charge in [0.1, 0.15) is 6.61 Å². The first-order valence-electron chi connectivity index (χ1n) is 3.74. The Labute approximate surface area is 61.6 Å². The molecule has 58 valence electrons. The Kier molecular flexibility index (Phi) is 1.82. The number of carbonyl (C=O) groups excluding carboxylic acids is 1. The van der Waals surface area contributed by atoms with Gasteiger partial charge in [-0.25, -0.2) is 0 Å². The lowest BCUT2D eigenvalue weighted by Crippen LogP contribution is -2.29. The first-order valence-corrected chi connectivity index (χ1v) is 3.74. The van der Waals surface area contributed by atoms with Gasteiger partial charge in [-0.3, -0.25) is 4.79 Å².